The van der Waals surface area contributed by atoms with Crippen LogP contribution >= 0.6 is 11.8 Å². The van der Waals surface area contributed by atoms with E-state index in [1.54, 1.807) is 18.2 Å². The number of fused-ring (bicyclic) bond motifs is 1. The lowest BCUT2D eigenvalue weighted by atomic mass is 10.2. The molecule has 6 nitrogen and oxygen atoms in total. The van der Waals surface area contributed by atoms with Crippen LogP contribution in [0.4, 0.5) is 11.4 Å². The molecule has 136 valence electrons. The van der Waals surface area contributed by atoms with Crippen molar-refractivity contribution in [1.29, 1.82) is 0 Å². The minimum atomic E-state index is -0.309. The quantitative estimate of drug-likeness (QED) is 0.785. The summed E-state index contributed by atoms with van der Waals surface area (Å²) in [4.78, 5) is 24.5. The summed E-state index contributed by atoms with van der Waals surface area (Å²) in [7, 11) is 0. The molecule has 0 fully saturated rings. The highest BCUT2D eigenvalue weighted by Crippen LogP contribution is 2.33. The number of carbonyl (C=O) groups excluding carboxylic acids is 2. The molecule has 0 aliphatic carbocycles. The Morgan fingerprint density at radius 3 is 2.50 bits per heavy atom. The van der Waals surface area contributed by atoms with Gasteiger partial charge in [0.1, 0.15) is 13.2 Å². The van der Waals surface area contributed by atoms with Crippen LogP contribution in [-0.2, 0) is 9.59 Å². The van der Waals surface area contributed by atoms with Crippen molar-refractivity contribution in [2.75, 3.05) is 23.8 Å². The number of rotatable bonds is 5. The molecule has 2 N–H and O–H groups in total. The second-order valence-corrected chi connectivity index (χ2v) is 7.23. The Bertz CT molecular complexity index is 825. The molecule has 2 amide bonds. The minimum Gasteiger partial charge on any atom is -0.486 e. The van der Waals surface area contributed by atoms with E-state index in [-0.39, 0.29) is 17.1 Å². The predicted molar refractivity (Wildman–Crippen MR) is 102 cm³/mol. The summed E-state index contributed by atoms with van der Waals surface area (Å²) in [6.07, 6.45) is 0. The third-order valence-electron chi connectivity index (χ3n) is 3.65. The molecule has 1 aliphatic rings. The van der Waals surface area contributed by atoms with Crippen molar-refractivity contribution in [1.82, 2.24) is 0 Å². The van der Waals surface area contributed by atoms with Crippen molar-refractivity contribution < 1.29 is 19.1 Å². The fourth-order valence-corrected chi connectivity index (χ4v) is 3.40. The average molecular weight is 372 g/mol. The Balaban J connectivity index is 1.62. The Hall–Kier alpha value is -2.67. The van der Waals surface area contributed by atoms with E-state index in [9.17, 15) is 9.59 Å². The predicted octanol–water partition coefficient (Wildman–Crippen LogP) is 3.54. The molecule has 3 rings (SSSR count). The lowest BCUT2D eigenvalue weighted by Gasteiger charge is -2.19. The number of carbonyl (C=O) groups is 2. The van der Waals surface area contributed by atoms with Crippen molar-refractivity contribution in [3.63, 3.8) is 0 Å². The SMILES string of the molecule is CC(=O)Nc1cccc(SC(C)C(=O)Nc2ccc3c(c2)OCCO3)c1. The lowest BCUT2D eigenvalue weighted by molar-refractivity contribution is -0.115. The number of benzene rings is 2. The van der Waals surface area contributed by atoms with Crippen LogP contribution < -0.4 is 20.1 Å². The average Bonchev–Trinajstić information content (AvgIpc) is 2.61. The van der Waals surface area contributed by atoms with Gasteiger partial charge in [-0.3, -0.25) is 9.59 Å². The fourth-order valence-electron chi connectivity index (χ4n) is 2.47. The number of anilines is 2. The van der Waals surface area contributed by atoms with E-state index >= 15 is 0 Å². The summed E-state index contributed by atoms with van der Waals surface area (Å²) in [5.74, 6) is 1.08. The van der Waals surface area contributed by atoms with E-state index in [0.717, 1.165) is 4.90 Å². The van der Waals surface area contributed by atoms with Gasteiger partial charge in [-0.15, -0.1) is 11.8 Å². The zero-order valence-corrected chi connectivity index (χ0v) is 15.4. The number of hydrogen-bond donors (Lipinski definition) is 2. The summed E-state index contributed by atoms with van der Waals surface area (Å²) >= 11 is 1.42. The molecular formula is C19H20N2O4S. The molecule has 0 radical (unpaired) electrons. The normalized spacial score (nSPS) is 13.6. The molecule has 0 spiro atoms. The van der Waals surface area contributed by atoms with Crippen LogP contribution in [0.2, 0.25) is 0 Å². The molecule has 0 aromatic heterocycles. The van der Waals surface area contributed by atoms with Crippen LogP contribution in [0.3, 0.4) is 0 Å². The van der Waals surface area contributed by atoms with Gasteiger partial charge < -0.3 is 20.1 Å². The molecular weight excluding hydrogens is 352 g/mol. The van der Waals surface area contributed by atoms with E-state index in [0.29, 0.717) is 36.1 Å². The van der Waals surface area contributed by atoms with Gasteiger partial charge >= 0.3 is 0 Å². The van der Waals surface area contributed by atoms with Crippen LogP contribution in [0.25, 0.3) is 0 Å². The van der Waals surface area contributed by atoms with Crippen molar-refractivity contribution in [2.45, 2.75) is 24.0 Å². The van der Waals surface area contributed by atoms with E-state index in [2.05, 4.69) is 10.6 Å². The molecule has 0 saturated carbocycles. The number of hydrogen-bond acceptors (Lipinski definition) is 5. The molecule has 1 heterocycles. The second kappa shape index (κ2) is 8.14. The van der Waals surface area contributed by atoms with Crippen LogP contribution in [0.1, 0.15) is 13.8 Å². The highest BCUT2D eigenvalue weighted by Gasteiger charge is 2.17. The standard InChI is InChI=1S/C19H20N2O4S/c1-12(26-16-5-3-4-14(10-16)20-13(2)22)19(23)21-15-6-7-17-18(11-15)25-9-8-24-17/h3-7,10-12H,8-9H2,1-2H3,(H,20,22)(H,21,23). The summed E-state index contributed by atoms with van der Waals surface area (Å²) < 4.78 is 11.0. The first-order valence-electron chi connectivity index (χ1n) is 8.26. The van der Waals surface area contributed by atoms with Gasteiger partial charge in [0.2, 0.25) is 11.8 Å². The van der Waals surface area contributed by atoms with Gasteiger partial charge in [0.15, 0.2) is 11.5 Å². The second-order valence-electron chi connectivity index (χ2n) is 5.82. The Kier molecular flexibility index (Phi) is 5.68. The number of amides is 2. The molecule has 0 bridgehead atoms. The zero-order chi connectivity index (χ0) is 18.5. The Labute approximate surface area is 156 Å². The maximum atomic E-state index is 12.5. The van der Waals surface area contributed by atoms with E-state index in [1.165, 1.54) is 18.7 Å². The van der Waals surface area contributed by atoms with Crippen LogP contribution in [0.15, 0.2) is 47.4 Å². The van der Waals surface area contributed by atoms with Gasteiger partial charge in [-0.25, -0.2) is 0 Å². The molecule has 1 aliphatic heterocycles. The van der Waals surface area contributed by atoms with Gasteiger partial charge in [-0.1, -0.05) is 6.07 Å². The van der Waals surface area contributed by atoms with E-state index in [4.69, 9.17) is 9.47 Å². The Morgan fingerprint density at radius 2 is 1.73 bits per heavy atom. The molecule has 26 heavy (non-hydrogen) atoms. The smallest absolute Gasteiger partial charge is 0.237 e. The molecule has 1 unspecified atom stereocenters. The van der Waals surface area contributed by atoms with E-state index < -0.39 is 0 Å². The maximum absolute atomic E-state index is 12.5. The van der Waals surface area contributed by atoms with Gasteiger partial charge in [0.25, 0.3) is 0 Å². The van der Waals surface area contributed by atoms with Crippen LogP contribution in [0, 0.1) is 0 Å². The molecule has 2 aromatic carbocycles. The first-order valence-corrected chi connectivity index (χ1v) is 9.14. The van der Waals surface area contributed by atoms with Crippen LogP contribution in [0.5, 0.6) is 11.5 Å². The van der Waals surface area contributed by atoms with Gasteiger partial charge in [0.05, 0.1) is 5.25 Å². The first-order chi connectivity index (χ1) is 12.5. The number of thioether (sulfide) groups is 1. The third-order valence-corrected chi connectivity index (χ3v) is 4.74. The largest absolute Gasteiger partial charge is 0.486 e. The third kappa shape index (κ3) is 4.70. The van der Waals surface area contributed by atoms with Gasteiger partial charge in [-0.05, 0) is 37.3 Å². The highest BCUT2D eigenvalue weighted by atomic mass is 32.2. The van der Waals surface area contributed by atoms with Gasteiger partial charge in [0, 0.05) is 29.3 Å². The highest BCUT2D eigenvalue weighted by molar-refractivity contribution is 8.00. The van der Waals surface area contributed by atoms with Crippen molar-refractivity contribution in [2.24, 2.45) is 0 Å². The van der Waals surface area contributed by atoms with Crippen LogP contribution in [-0.4, -0.2) is 30.3 Å². The van der Waals surface area contributed by atoms with E-state index in [1.807, 2.05) is 31.2 Å². The number of ether oxygens (including phenoxy) is 2. The fraction of sp³-hybridized carbons (Fsp3) is 0.263. The first kappa shape index (κ1) is 18.1. The lowest BCUT2D eigenvalue weighted by Crippen LogP contribution is -2.22. The summed E-state index contributed by atoms with van der Waals surface area (Å²) in [6, 6.07) is 12.8. The van der Waals surface area contributed by atoms with Crippen molar-refractivity contribution >= 4 is 35.0 Å². The minimum absolute atomic E-state index is 0.114. The maximum Gasteiger partial charge on any atom is 0.237 e. The summed E-state index contributed by atoms with van der Waals surface area (Å²) in [6.45, 7) is 4.33. The molecule has 7 heteroatoms. The summed E-state index contributed by atoms with van der Waals surface area (Å²) in [5, 5.41) is 5.32. The summed E-state index contributed by atoms with van der Waals surface area (Å²) in [5.41, 5.74) is 1.38. The van der Waals surface area contributed by atoms with Crippen molar-refractivity contribution in [3.05, 3.63) is 42.5 Å². The molecule has 2 aromatic rings. The molecule has 0 saturated heterocycles. The van der Waals surface area contributed by atoms with Gasteiger partial charge in [-0.2, -0.15) is 0 Å². The molecule has 1 atom stereocenters. The number of nitrogens with one attached hydrogen (secondary N) is 2. The zero-order valence-electron chi connectivity index (χ0n) is 14.6. The Morgan fingerprint density at radius 1 is 1.00 bits per heavy atom. The monoisotopic (exact) mass is 372 g/mol. The van der Waals surface area contributed by atoms with Crippen molar-refractivity contribution in [3.8, 4) is 11.5 Å². The topological polar surface area (TPSA) is 76.7 Å².